The lowest BCUT2D eigenvalue weighted by molar-refractivity contribution is -0.548. The summed E-state index contributed by atoms with van der Waals surface area (Å²) in [5, 5.41) is 0. The van der Waals surface area contributed by atoms with Crippen LogP contribution >= 0.6 is 0 Å². The quantitative estimate of drug-likeness (QED) is 0.352. The Morgan fingerprint density at radius 2 is 1.24 bits per heavy atom. The van der Waals surface area contributed by atoms with E-state index >= 15 is 0 Å². The van der Waals surface area contributed by atoms with E-state index in [2.05, 4.69) is 20.8 Å². The van der Waals surface area contributed by atoms with Crippen molar-refractivity contribution in [1.29, 1.82) is 0 Å². The van der Waals surface area contributed by atoms with Gasteiger partial charge >= 0.3 is 0 Å². The molecule has 1 rings (SSSR count). The van der Waals surface area contributed by atoms with E-state index in [9.17, 15) is 0 Å². The van der Waals surface area contributed by atoms with Crippen LogP contribution in [0, 0.1) is 5.92 Å². The Hall–Kier alpha value is -0.160. The SMILES string of the molecule is CCC(C)(C)OOC1(OOC(C)(C)CC)CCC(C)CC1. The van der Waals surface area contributed by atoms with Crippen molar-refractivity contribution in [3.05, 3.63) is 0 Å². The molecule has 1 aliphatic rings. The normalized spacial score (nSPS) is 20.7. The van der Waals surface area contributed by atoms with Crippen molar-refractivity contribution < 1.29 is 19.6 Å². The van der Waals surface area contributed by atoms with E-state index in [-0.39, 0.29) is 11.2 Å². The second-order valence-electron chi connectivity index (χ2n) is 7.65. The smallest absolute Gasteiger partial charge is 0.228 e. The molecule has 0 atom stereocenters. The van der Waals surface area contributed by atoms with Gasteiger partial charge in [0.25, 0.3) is 0 Å². The summed E-state index contributed by atoms with van der Waals surface area (Å²) in [6, 6.07) is 0. The van der Waals surface area contributed by atoms with Crippen LogP contribution in [0.2, 0.25) is 0 Å². The maximum atomic E-state index is 5.77. The van der Waals surface area contributed by atoms with Crippen molar-refractivity contribution in [3.8, 4) is 0 Å². The summed E-state index contributed by atoms with van der Waals surface area (Å²) in [6.07, 6.45) is 5.47. The maximum Gasteiger partial charge on any atom is 0.234 e. The van der Waals surface area contributed by atoms with Gasteiger partial charge in [-0.2, -0.15) is 9.78 Å². The molecule has 4 nitrogen and oxygen atoms in total. The minimum absolute atomic E-state index is 0.320. The zero-order chi connectivity index (χ0) is 16.1. The lowest BCUT2D eigenvalue weighted by Crippen LogP contribution is -2.44. The summed E-state index contributed by atoms with van der Waals surface area (Å²) in [6.45, 7) is 14.5. The topological polar surface area (TPSA) is 36.9 Å². The van der Waals surface area contributed by atoms with Crippen molar-refractivity contribution in [2.75, 3.05) is 0 Å². The average Bonchev–Trinajstić information content (AvgIpc) is 2.46. The fraction of sp³-hybridized carbons (Fsp3) is 1.00. The molecule has 0 amide bonds. The van der Waals surface area contributed by atoms with Gasteiger partial charge in [-0.05, 0) is 59.3 Å². The summed E-state index contributed by atoms with van der Waals surface area (Å²) in [4.78, 5) is 22.8. The third-order valence-corrected chi connectivity index (χ3v) is 4.58. The molecule has 0 aliphatic heterocycles. The van der Waals surface area contributed by atoms with Crippen LogP contribution in [0.25, 0.3) is 0 Å². The highest BCUT2D eigenvalue weighted by atomic mass is 17.3. The lowest BCUT2D eigenvalue weighted by Gasteiger charge is -2.39. The molecule has 1 fully saturated rings. The molecule has 0 radical (unpaired) electrons. The fourth-order valence-corrected chi connectivity index (χ4v) is 1.88. The van der Waals surface area contributed by atoms with Crippen LogP contribution in [-0.4, -0.2) is 17.0 Å². The van der Waals surface area contributed by atoms with Crippen molar-refractivity contribution >= 4 is 0 Å². The third-order valence-electron chi connectivity index (χ3n) is 4.58. The highest BCUT2D eigenvalue weighted by Gasteiger charge is 2.42. The third kappa shape index (κ3) is 6.23. The predicted molar refractivity (Wildman–Crippen MR) is 83.4 cm³/mol. The highest BCUT2D eigenvalue weighted by Crippen LogP contribution is 2.38. The molecule has 0 spiro atoms. The van der Waals surface area contributed by atoms with Gasteiger partial charge in [0.2, 0.25) is 5.79 Å². The zero-order valence-corrected chi connectivity index (χ0v) is 15.0. The summed E-state index contributed by atoms with van der Waals surface area (Å²) in [7, 11) is 0. The molecule has 21 heavy (non-hydrogen) atoms. The second-order valence-corrected chi connectivity index (χ2v) is 7.65. The van der Waals surface area contributed by atoms with Gasteiger partial charge in [-0.3, -0.25) is 0 Å². The monoisotopic (exact) mass is 302 g/mol. The standard InChI is InChI=1S/C17H34O4/c1-8-15(4,5)18-20-17(12-10-14(3)11-13-17)21-19-16(6,7)9-2/h14H,8-13H2,1-7H3. The molecule has 0 aromatic carbocycles. The fourth-order valence-electron chi connectivity index (χ4n) is 1.88. The Bertz CT molecular complexity index is 282. The number of rotatable bonds is 8. The van der Waals surface area contributed by atoms with Crippen molar-refractivity contribution in [3.63, 3.8) is 0 Å². The van der Waals surface area contributed by atoms with Crippen LogP contribution in [0.3, 0.4) is 0 Å². The first-order chi connectivity index (χ1) is 9.64. The van der Waals surface area contributed by atoms with E-state index in [0.717, 1.165) is 38.5 Å². The molecule has 0 unspecified atom stereocenters. The molecule has 0 aromatic rings. The van der Waals surface area contributed by atoms with E-state index in [0.29, 0.717) is 5.92 Å². The Kier molecular flexibility index (Phi) is 6.66. The van der Waals surface area contributed by atoms with Crippen molar-refractivity contribution in [2.45, 2.75) is 104 Å². The molecule has 0 N–H and O–H groups in total. The molecule has 0 heterocycles. The molecule has 1 aliphatic carbocycles. The van der Waals surface area contributed by atoms with Gasteiger partial charge in [0.1, 0.15) is 0 Å². The van der Waals surface area contributed by atoms with Crippen molar-refractivity contribution in [2.24, 2.45) is 5.92 Å². The molecule has 4 heteroatoms. The van der Waals surface area contributed by atoms with Gasteiger partial charge in [0.05, 0.1) is 11.2 Å². The molecule has 0 aromatic heterocycles. The summed E-state index contributed by atoms with van der Waals surface area (Å²) in [5.74, 6) is -0.0746. The largest absolute Gasteiger partial charge is 0.234 e. The average molecular weight is 302 g/mol. The van der Waals surface area contributed by atoms with Gasteiger partial charge in [0.15, 0.2) is 0 Å². The summed E-state index contributed by atoms with van der Waals surface area (Å²) >= 11 is 0. The van der Waals surface area contributed by atoms with Crippen LogP contribution in [0.1, 0.15) is 87.0 Å². The Labute approximate surface area is 130 Å². The van der Waals surface area contributed by atoms with Crippen LogP contribution < -0.4 is 0 Å². The van der Waals surface area contributed by atoms with Crippen LogP contribution in [0.4, 0.5) is 0 Å². The first kappa shape index (κ1) is 18.9. The summed E-state index contributed by atoms with van der Waals surface area (Å²) in [5.41, 5.74) is -0.639. The van der Waals surface area contributed by atoms with Gasteiger partial charge < -0.3 is 0 Å². The number of hydrogen-bond acceptors (Lipinski definition) is 4. The van der Waals surface area contributed by atoms with Gasteiger partial charge in [0, 0.05) is 12.8 Å². The molecule has 0 bridgehead atoms. The highest BCUT2D eigenvalue weighted by molar-refractivity contribution is 4.77. The van der Waals surface area contributed by atoms with E-state index < -0.39 is 5.79 Å². The van der Waals surface area contributed by atoms with Crippen LogP contribution in [-0.2, 0) is 19.6 Å². The predicted octanol–water partition coefficient (Wildman–Crippen LogP) is 5.17. The van der Waals surface area contributed by atoms with E-state index in [1.807, 2.05) is 27.7 Å². The first-order valence-electron chi connectivity index (χ1n) is 8.37. The zero-order valence-electron chi connectivity index (χ0n) is 15.0. The lowest BCUT2D eigenvalue weighted by atomic mass is 9.86. The Morgan fingerprint density at radius 1 is 0.857 bits per heavy atom. The van der Waals surface area contributed by atoms with Gasteiger partial charge in [-0.25, -0.2) is 9.78 Å². The molecule has 1 saturated carbocycles. The Balaban J connectivity index is 2.67. The number of hydrogen-bond donors (Lipinski definition) is 0. The molecular weight excluding hydrogens is 268 g/mol. The Morgan fingerprint density at radius 3 is 1.57 bits per heavy atom. The second kappa shape index (κ2) is 7.40. The first-order valence-corrected chi connectivity index (χ1v) is 8.37. The molecule has 0 saturated heterocycles. The van der Waals surface area contributed by atoms with Gasteiger partial charge in [-0.1, -0.05) is 20.8 Å². The van der Waals surface area contributed by atoms with Gasteiger partial charge in [-0.15, -0.1) is 0 Å². The van der Waals surface area contributed by atoms with Crippen LogP contribution in [0.5, 0.6) is 0 Å². The minimum atomic E-state index is -0.772. The van der Waals surface area contributed by atoms with E-state index in [4.69, 9.17) is 19.6 Å². The molecule has 126 valence electrons. The van der Waals surface area contributed by atoms with Crippen LogP contribution in [0.15, 0.2) is 0 Å². The molecular formula is C17H34O4. The van der Waals surface area contributed by atoms with E-state index in [1.165, 1.54) is 0 Å². The van der Waals surface area contributed by atoms with Crippen molar-refractivity contribution in [1.82, 2.24) is 0 Å². The summed E-state index contributed by atoms with van der Waals surface area (Å²) < 4.78 is 0. The maximum absolute atomic E-state index is 5.77. The van der Waals surface area contributed by atoms with E-state index in [1.54, 1.807) is 0 Å². The minimum Gasteiger partial charge on any atom is -0.228 e.